The molecule has 0 saturated carbocycles. The van der Waals surface area contributed by atoms with Crippen molar-refractivity contribution in [3.8, 4) is 0 Å². The zero-order chi connectivity index (χ0) is 3.58. The van der Waals surface area contributed by atoms with E-state index in [1.165, 1.54) is 0 Å². The maximum absolute atomic E-state index is 8.78. The molecular weight excluding hydrogens is 113 g/mol. The van der Waals surface area contributed by atoms with Crippen LogP contribution in [-0.4, -0.2) is 11.0 Å². The molecule has 0 spiro atoms. The molecule has 3 nitrogen and oxygen atoms in total. The van der Waals surface area contributed by atoms with Gasteiger partial charge >= 0.3 is 18.9 Å². The van der Waals surface area contributed by atoms with Crippen LogP contribution in [0.15, 0.2) is 0 Å². The Morgan fingerprint density at radius 1 is 1.33 bits per heavy atom. The Morgan fingerprint density at radius 3 is 1.33 bits per heavy atom. The van der Waals surface area contributed by atoms with Gasteiger partial charge < -0.3 is 13.6 Å². The molecule has 0 atom stereocenters. The molecule has 4 radical (unpaired) electrons. The first-order valence-corrected chi connectivity index (χ1v) is 1.71. The van der Waals surface area contributed by atoms with Crippen molar-refractivity contribution in [2.45, 2.75) is 0 Å². The third-order valence-corrected chi connectivity index (χ3v) is 0. The predicted octanol–water partition coefficient (Wildman–Crippen LogP) is -4.21. The second-order valence-electron chi connectivity index (χ2n) is 0.260. The molecule has 30 valence electrons. The first kappa shape index (κ1) is 15.9. The Hall–Kier alpha value is 0.724. The quantitative estimate of drug-likeness (QED) is 0.257. The Bertz CT molecular complexity index is 61.9. The summed E-state index contributed by atoms with van der Waals surface area (Å²) in [5.74, 6) is 0. The zero-order valence-electron chi connectivity index (χ0n) is 3.30. The van der Waals surface area contributed by atoms with Gasteiger partial charge in [0.15, 0.2) is 0 Å². The third kappa shape index (κ3) is 125. The van der Waals surface area contributed by atoms with Crippen LogP contribution in [0.2, 0.25) is 0 Å². The molecule has 0 aliphatic rings. The molecule has 0 aliphatic heterocycles. The van der Waals surface area contributed by atoms with E-state index in [1.54, 1.807) is 0 Å². The second kappa shape index (κ2) is 9.21. The van der Waals surface area contributed by atoms with E-state index in [0.29, 0.717) is 0 Å². The topological polar surface area (TPSA) is 60.2 Å². The summed E-state index contributed by atoms with van der Waals surface area (Å²) in [6, 6.07) is 0. The van der Waals surface area contributed by atoms with E-state index >= 15 is 0 Å². The monoisotopic (exact) mass is 115 g/mol. The van der Waals surface area contributed by atoms with E-state index in [9.17, 15) is 0 Å². The van der Waals surface area contributed by atoms with Crippen LogP contribution in [0.4, 0.5) is 0 Å². The number of rotatable bonds is 0. The van der Waals surface area contributed by atoms with Gasteiger partial charge in [-0.2, -0.15) is 0 Å². The zero-order valence-corrected chi connectivity index (χ0v) is 5.12. The van der Waals surface area contributed by atoms with E-state index in [2.05, 4.69) is 5.14 Å². The number of hydrogen-bond donors (Lipinski definition) is 1. The van der Waals surface area contributed by atoms with Crippen molar-refractivity contribution in [2.75, 3.05) is 0 Å². The fraction of sp³-hybridized carbons (Fsp3) is 0. The average Bonchev–Trinajstić information content (AvgIpc) is 0.811. The van der Waals surface area contributed by atoms with Gasteiger partial charge in [0.2, 0.25) is 0 Å². The predicted molar refractivity (Wildman–Crippen MR) is 18.7 cm³/mol. The molecule has 0 aromatic heterocycles. The van der Waals surface area contributed by atoms with E-state index < -0.39 is 10.9 Å². The third-order valence-electron chi connectivity index (χ3n) is 0. The van der Waals surface area contributed by atoms with E-state index in [1.807, 2.05) is 0 Å². The molecule has 0 rings (SSSR count). The van der Waals surface area contributed by atoms with Crippen LogP contribution < -0.4 is 24.0 Å². The fourth-order valence-corrected chi connectivity index (χ4v) is 0. The Labute approximate surface area is 54.6 Å². The molecule has 2 N–H and O–H groups in total. The summed E-state index contributed by atoms with van der Waals surface area (Å²) < 4.78 is 17.6. The summed E-state index contributed by atoms with van der Waals surface area (Å²) in [6.45, 7) is 0. The minimum absolute atomic E-state index is 0. The summed E-state index contributed by atoms with van der Waals surface area (Å²) in [6.07, 6.45) is 0. The Balaban J connectivity index is -0.0000000450. The molecule has 0 fully saturated rings. The Kier molecular flexibility index (Phi) is 24.4. The minimum Gasteiger partial charge on any atom is -0.409 e. The van der Waals surface area contributed by atoms with Gasteiger partial charge in [-0.25, -0.2) is 0 Å². The normalized spacial score (nSPS) is 5.67. The SMILES string of the molecule is N[S-](=O)=O.[Li+].[Si]. The molecular formula is H2LiNO2SSi. The molecule has 0 aliphatic carbocycles. The van der Waals surface area contributed by atoms with E-state index in [-0.39, 0.29) is 29.8 Å². The first-order chi connectivity index (χ1) is 1.73. The van der Waals surface area contributed by atoms with Crippen LogP contribution >= 0.6 is 0 Å². The average molecular weight is 115 g/mol. The molecule has 0 heterocycles. The van der Waals surface area contributed by atoms with Gasteiger partial charge in [0.1, 0.15) is 0 Å². The largest absolute Gasteiger partial charge is 1.00 e. The van der Waals surface area contributed by atoms with Crippen LogP contribution in [0.5, 0.6) is 0 Å². The summed E-state index contributed by atoms with van der Waals surface area (Å²) in [4.78, 5) is 0. The van der Waals surface area contributed by atoms with Gasteiger partial charge in [-0.05, 0) is 10.9 Å². The molecule has 6 heavy (non-hydrogen) atoms. The van der Waals surface area contributed by atoms with Crippen molar-refractivity contribution in [3.05, 3.63) is 0 Å². The summed E-state index contributed by atoms with van der Waals surface area (Å²) in [7, 11) is -2.36. The van der Waals surface area contributed by atoms with Gasteiger partial charge in [-0.1, -0.05) is 0 Å². The van der Waals surface area contributed by atoms with Crippen LogP contribution in [0, 0.1) is 0 Å². The van der Waals surface area contributed by atoms with Crippen molar-refractivity contribution < 1.29 is 27.3 Å². The molecule has 0 saturated heterocycles. The minimum atomic E-state index is -2.36. The number of nitrogens with two attached hydrogens (primary N) is 1. The van der Waals surface area contributed by atoms with E-state index in [4.69, 9.17) is 8.42 Å². The fourth-order valence-electron chi connectivity index (χ4n) is 0. The van der Waals surface area contributed by atoms with Gasteiger partial charge in [-0.3, -0.25) is 0 Å². The van der Waals surface area contributed by atoms with Crippen molar-refractivity contribution >= 4 is 21.9 Å². The van der Waals surface area contributed by atoms with Crippen LogP contribution in [0.1, 0.15) is 0 Å². The maximum Gasteiger partial charge on any atom is 1.00 e. The Morgan fingerprint density at radius 2 is 1.33 bits per heavy atom. The molecule has 0 aromatic carbocycles. The van der Waals surface area contributed by atoms with Gasteiger partial charge in [0.25, 0.3) is 0 Å². The van der Waals surface area contributed by atoms with Gasteiger partial charge in [-0.15, -0.1) is 0 Å². The maximum atomic E-state index is 8.78. The summed E-state index contributed by atoms with van der Waals surface area (Å²) >= 11 is 0. The van der Waals surface area contributed by atoms with Crippen LogP contribution in [-0.2, 0) is 19.3 Å². The first-order valence-electron chi connectivity index (χ1n) is 0.569. The van der Waals surface area contributed by atoms with Crippen molar-refractivity contribution in [1.82, 2.24) is 0 Å². The smallest absolute Gasteiger partial charge is 0.409 e. The molecule has 0 unspecified atom stereocenters. The van der Waals surface area contributed by atoms with Crippen LogP contribution in [0.3, 0.4) is 0 Å². The van der Waals surface area contributed by atoms with Crippen LogP contribution in [0.25, 0.3) is 0 Å². The number of hydrogen-bond acceptors (Lipinski definition) is 3. The molecule has 0 aromatic rings. The molecule has 0 amide bonds. The second-order valence-corrected chi connectivity index (χ2v) is 0.781. The molecule has 0 bridgehead atoms. The summed E-state index contributed by atoms with van der Waals surface area (Å²) in [5.41, 5.74) is 0. The van der Waals surface area contributed by atoms with E-state index in [0.717, 1.165) is 0 Å². The van der Waals surface area contributed by atoms with Crippen molar-refractivity contribution in [1.29, 1.82) is 0 Å². The van der Waals surface area contributed by atoms with Crippen molar-refractivity contribution in [3.63, 3.8) is 0 Å². The van der Waals surface area contributed by atoms with Gasteiger partial charge in [0.05, 0.1) is 0 Å². The van der Waals surface area contributed by atoms with Gasteiger partial charge in [0, 0.05) is 11.0 Å². The van der Waals surface area contributed by atoms with Crippen molar-refractivity contribution in [2.24, 2.45) is 5.14 Å². The summed E-state index contributed by atoms with van der Waals surface area (Å²) in [5, 5.41) is 4.03. The molecule has 6 heteroatoms. The standard InChI is InChI=1S/Li.H2NO2S.Si/c;1-4(2)3;/h;(H2,1,2,3);/q+1;-1;.